The van der Waals surface area contributed by atoms with Crippen molar-refractivity contribution in [3.05, 3.63) is 29.7 Å². The molecule has 0 spiro atoms. The van der Waals surface area contributed by atoms with Gasteiger partial charge < -0.3 is 14.6 Å². The lowest BCUT2D eigenvalue weighted by Crippen LogP contribution is -2.46. The molecular formula is C17H24N4O2. The van der Waals surface area contributed by atoms with Crippen LogP contribution in [0.15, 0.2) is 22.6 Å². The molecule has 3 heterocycles. The third-order valence-corrected chi connectivity index (χ3v) is 4.28. The molecule has 23 heavy (non-hydrogen) atoms. The maximum absolute atomic E-state index is 12.9. The standard InChI is InChI=1S/C17H24N4O2/c1-3-10-21(13-6-8-18-9-7-13)17(22)15-11-14(19-20-15)16-5-4-12(2)23-16/h4-5,11,13,18H,3,6-10H2,1-2H3,(H,19,20). The molecule has 0 atom stereocenters. The fourth-order valence-electron chi connectivity index (χ4n) is 3.09. The molecule has 124 valence electrons. The number of carbonyl (C=O) groups is 1. The first-order valence-corrected chi connectivity index (χ1v) is 8.33. The molecular weight excluding hydrogens is 292 g/mol. The summed E-state index contributed by atoms with van der Waals surface area (Å²) in [5.74, 6) is 1.55. The first kappa shape index (κ1) is 15.8. The fourth-order valence-corrected chi connectivity index (χ4v) is 3.09. The van der Waals surface area contributed by atoms with Crippen molar-refractivity contribution >= 4 is 5.91 Å². The number of piperidine rings is 1. The number of amides is 1. The summed E-state index contributed by atoms with van der Waals surface area (Å²) in [6.45, 7) is 6.70. The van der Waals surface area contributed by atoms with Gasteiger partial charge in [0.25, 0.3) is 5.91 Å². The van der Waals surface area contributed by atoms with Gasteiger partial charge in [-0.25, -0.2) is 0 Å². The van der Waals surface area contributed by atoms with E-state index in [-0.39, 0.29) is 5.91 Å². The summed E-state index contributed by atoms with van der Waals surface area (Å²) in [5.41, 5.74) is 1.20. The predicted octanol–water partition coefficient (Wildman–Crippen LogP) is 2.58. The molecule has 0 unspecified atom stereocenters. The van der Waals surface area contributed by atoms with E-state index in [9.17, 15) is 4.79 Å². The summed E-state index contributed by atoms with van der Waals surface area (Å²) in [5, 5.41) is 10.5. The average molecular weight is 316 g/mol. The maximum Gasteiger partial charge on any atom is 0.274 e. The van der Waals surface area contributed by atoms with E-state index in [0.29, 0.717) is 17.5 Å². The number of rotatable bonds is 5. The van der Waals surface area contributed by atoms with Crippen LogP contribution >= 0.6 is 0 Å². The summed E-state index contributed by atoms with van der Waals surface area (Å²) in [4.78, 5) is 14.9. The lowest BCUT2D eigenvalue weighted by Gasteiger charge is -2.34. The summed E-state index contributed by atoms with van der Waals surface area (Å²) in [7, 11) is 0. The second-order valence-electron chi connectivity index (χ2n) is 6.06. The lowest BCUT2D eigenvalue weighted by molar-refractivity contribution is 0.0636. The highest BCUT2D eigenvalue weighted by Gasteiger charge is 2.27. The van der Waals surface area contributed by atoms with Crippen molar-refractivity contribution in [3.63, 3.8) is 0 Å². The van der Waals surface area contributed by atoms with Crippen molar-refractivity contribution in [2.75, 3.05) is 19.6 Å². The summed E-state index contributed by atoms with van der Waals surface area (Å²) >= 11 is 0. The van der Waals surface area contributed by atoms with Gasteiger partial charge in [0, 0.05) is 18.7 Å². The van der Waals surface area contributed by atoms with Gasteiger partial charge in [0.2, 0.25) is 0 Å². The van der Waals surface area contributed by atoms with Gasteiger partial charge in [0.1, 0.15) is 11.5 Å². The number of hydrogen-bond donors (Lipinski definition) is 2. The van der Waals surface area contributed by atoms with Crippen LogP contribution < -0.4 is 5.32 Å². The molecule has 0 radical (unpaired) electrons. The predicted molar refractivity (Wildman–Crippen MR) is 88.2 cm³/mol. The number of carbonyl (C=O) groups excluding carboxylic acids is 1. The number of aromatic amines is 1. The Morgan fingerprint density at radius 1 is 1.39 bits per heavy atom. The number of nitrogens with one attached hydrogen (secondary N) is 2. The normalized spacial score (nSPS) is 15.7. The summed E-state index contributed by atoms with van der Waals surface area (Å²) in [6.07, 6.45) is 2.95. The van der Waals surface area contributed by atoms with Crippen molar-refractivity contribution in [3.8, 4) is 11.5 Å². The maximum atomic E-state index is 12.9. The van der Waals surface area contributed by atoms with Crippen molar-refractivity contribution in [2.45, 2.75) is 39.2 Å². The van der Waals surface area contributed by atoms with E-state index in [1.165, 1.54) is 0 Å². The minimum Gasteiger partial charge on any atom is -0.460 e. The number of aromatic nitrogens is 2. The van der Waals surface area contributed by atoms with Gasteiger partial charge in [-0.15, -0.1) is 0 Å². The van der Waals surface area contributed by atoms with Gasteiger partial charge >= 0.3 is 0 Å². The molecule has 1 aliphatic heterocycles. The zero-order valence-corrected chi connectivity index (χ0v) is 13.8. The van der Waals surface area contributed by atoms with Crippen LogP contribution in [0.1, 0.15) is 42.4 Å². The van der Waals surface area contributed by atoms with Crippen molar-refractivity contribution < 1.29 is 9.21 Å². The molecule has 0 bridgehead atoms. The molecule has 1 fully saturated rings. The van der Waals surface area contributed by atoms with E-state index in [1.807, 2.05) is 24.0 Å². The highest BCUT2D eigenvalue weighted by Crippen LogP contribution is 2.22. The summed E-state index contributed by atoms with van der Waals surface area (Å²) in [6, 6.07) is 5.86. The van der Waals surface area contributed by atoms with Crippen LogP contribution in [0.2, 0.25) is 0 Å². The Hall–Kier alpha value is -2.08. The molecule has 0 saturated carbocycles. The van der Waals surface area contributed by atoms with Gasteiger partial charge in [0.15, 0.2) is 11.5 Å². The minimum absolute atomic E-state index is 0.00419. The lowest BCUT2D eigenvalue weighted by atomic mass is 10.0. The zero-order valence-electron chi connectivity index (χ0n) is 13.8. The molecule has 0 aliphatic carbocycles. The van der Waals surface area contributed by atoms with Crippen LogP contribution in [0, 0.1) is 6.92 Å². The Morgan fingerprint density at radius 3 is 2.83 bits per heavy atom. The molecule has 1 amide bonds. The van der Waals surface area contributed by atoms with E-state index >= 15 is 0 Å². The van der Waals surface area contributed by atoms with Crippen LogP contribution in [-0.2, 0) is 0 Å². The third kappa shape index (κ3) is 3.47. The summed E-state index contributed by atoms with van der Waals surface area (Å²) < 4.78 is 5.58. The highest BCUT2D eigenvalue weighted by molar-refractivity contribution is 5.93. The first-order chi connectivity index (χ1) is 11.2. The molecule has 6 heteroatoms. The zero-order chi connectivity index (χ0) is 16.2. The van der Waals surface area contributed by atoms with Gasteiger partial charge in [-0.3, -0.25) is 9.89 Å². The average Bonchev–Trinajstić information content (AvgIpc) is 3.21. The number of H-pyrrole nitrogens is 1. The van der Waals surface area contributed by atoms with Crippen LogP contribution in [0.4, 0.5) is 0 Å². The number of aryl methyl sites for hydroxylation is 1. The topological polar surface area (TPSA) is 74.2 Å². The van der Waals surface area contributed by atoms with E-state index in [0.717, 1.165) is 50.4 Å². The van der Waals surface area contributed by atoms with Gasteiger partial charge in [0.05, 0.1) is 0 Å². The largest absolute Gasteiger partial charge is 0.460 e. The fraction of sp³-hybridized carbons (Fsp3) is 0.529. The molecule has 1 aliphatic rings. The Kier molecular flexibility index (Phi) is 4.81. The first-order valence-electron chi connectivity index (χ1n) is 8.33. The monoisotopic (exact) mass is 316 g/mol. The van der Waals surface area contributed by atoms with Gasteiger partial charge in [-0.05, 0) is 51.4 Å². The van der Waals surface area contributed by atoms with Crippen molar-refractivity contribution in [1.29, 1.82) is 0 Å². The Morgan fingerprint density at radius 2 is 2.17 bits per heavy atom. The molecule has 3 rings (SSSR count). The second-order valence-corrected chi connectivity index (χ2v) is 6.06. The number of hydrogen-bond acceptors (Lipinski definition) is 4. The molecule has 1 saturated heterocycles. The number of furan rings is 1. The van der Waals surface area contributed by atoms with E-state index < -0.39 is 0 Å². The smallest absolute Gasteiger partial charge is 0.274 e. The van der Waals surface area contributed by atoms with Crippen LogP contribution in [0.5, 0.6) is 0 Å². The number of nitrogens with zero attached hydrogens (tertiary/aromatic N) is 2. The molecule has 6 nitrogen and oxygen atoms in total. The highest BCUT2D eigenvalue weighted by atomic mass is 16.3. The van der Waals surface area contributed by atoms with Crippen LogP contribution in [-0.4, -0.2) is 46.7 Å². The SMILES string of the molecule is CCCN(C(=O)c1cc(-c2ccc(C)o2)[nH]n1)C1CCNCC1. The van der Waals surface area contributed by atoms with Gasteiger partial charge in [-0.1, -0.05) is 6.92 Å². The molecule has 2 aromatic rings. The Balaban J connectivity index is 1.78. The quantitative estimate of drug-likeness (QED) is 0.889. The van der Waals surface area contributed by atoms with E-state index in [2.05, 4.69) is 22.4 Å². The Labute approximate surface area is 136 Å². The minimum atomic E-state index is 0.00419. The van der Waals surface area contributed by atoms with Gasteiger partial charge in [-0.2, -0.15) is 5.10 Å². The van der Waals surface area contributed by atoms with E-state index in [1.54, 1.807) is 6.07 Å². The molecule has 2 N–H and O–H groups in total. The van der Waals surface area contributed by atoms with Crippen molar-refractivity contribution in [1.82, 2.24) is 20.4 Å². The second kappa shape index (κ2) is 7.00. The van der Waals surface area contributed by atoms with Crippen molar-refractivity contribution in [2.24, 2.45) is 0 Å². The molecule has 0 aromatic carbocycles. The Bertz CT molecular complexity index is 655. The van der Waals surface area contributed by atoms with Crippen LogP contribution in [0.3, 0.4) is 0 Å². The molecule has 2 aromatic heterocycles. The van der Waals surface area contributed by atoms with Crippen LogP contribution in [0.25, 0.3) is 11.5 Å². The third-order valence-electron chi connectivity index (χ3n) is 4.28. The van der Waals surface area contributed by atoms with E-state index in [4.69, 9.17) is 4.42 Å².